The fourth-order valence-corrected chi connectivity index (χ4v) is 25.3. The van der Waals surface area contributed by atoms with E-state index in [0.29, 0.717) is 45.1 Å². The molecule has 71 heavy (non-hydrogen) atoms. The molecule has 0 spiro atoms. The smallest absolute Gasteiger partial charge is 0.343 e. The van der Waals surface area contributed by atoms with E-state index in [9.17, 15) is 4.79 Å². The summed E-state index contributed by atoms with van der Waals surface area (Å²) in [7, 11) is -5.65. The number of aromatic nitrogens is 4. The van der Waals surface area contributed by atoms with Crippen LogP contribution in [0.15, 0.2) is 70.3 Å². The van der Waals surface area contributed by atoms with Crippen molar-refractivity contribution in [3.05, 3.63) is 75.9 Å². The van der Waals surface area contributed by atoms with Gasteiger partial charge in [-0.15, -0.1) is 0 Å². The minimum atomic E-state index is -2.87. The Bertz CT molecular complexity index is 2290. The van der Waals surface area contributed by atoms with E-state index in [-0.39, 0.29) is 45.3 Å². The molecule has 5 aliphatic rings. The molecule has 1 saturated heterocycles. The first-order valence-corrected chi connectivity index (χ1v) is 35.8. The van der Waals surface area contributed by atoms with Crippen LogP contribution in [0.5, 0.6) is 0 Å². The Morgan fingerprint density at radius 3 is 1.68 bits per heavy atom. The minimum absolute atomic E-state index is 0.0261. The standard InChI is InChI=1S/C48H73N5O8S8Si2/c1-32(2)70(33(3)4,57-19-15-11-9-13-17-55-26-36-29-66-46(68-36)44-62-21-22-63-44)59-28-39-38(25-40(60-39)53-31-50-41-42(53)51-48(49)52-43(41)54)61-71(34(5)6,35(7)8)58-20-16-12-10-14-18-56-27-37-30-67-47(69-37)45-64-23-24-65-45/h21-24,29-35,38-40H,9-20,25-28H2,1-8H3,(H3,49,51,52,54)/t38-,39+,40+/m0/s1. The number of thioether (sulfide) groups is 8. The van der Waals surface area contributed by atoms with E-state index in [1.54, 1.807) is 53.4 Å². The molecule has 7 heterocycles. The van der Waals surface area contributed by atoms with Crippen molar-refractivity contribution in [2.24, 2.45) is 0 Å². The SMILES string of the molecule is CC(C)[Si](OCCCCCCOCC1=CSC(=C2SC=CS2)S1)(OC[C@H]1O[C@@H](n2cnc3c(=O)[nH]c(N)nc32)C[C@@H]1O[Si](OCCCCCCOCC1=CSC(=C2SC=CS2)S1)(C(C)C)C(C)C)C(C)C. The van der Waals surface area contributed by atoms with Gasteiger partial charge in [0.25, 0.3) is 5.56 Å². The van der Waals surface area contributed by atoms with Gasteiger partial charge in [-0.2, -0.15) is 4.98 Å². The number of nitrogens with one attached hydrogen (secondary N) is 1. The highest BCUT2D eigenvalue weighted by Gasteiger charge is 2.52. The van der Waals surface area contributed by atoms with Crippen LogP contribution in [0.1, 0.15) is 119 Å². The van der Waals surface area contributed by atoms with Crippen LogP contribution in [0.3, 0.4) is 0 Å². The van der Waals surface area contributed by atoms with Crippen molar-refractivity contribution >= 4 is 128 Å². The summed E-state index contributed by atoms with van der Waals surface area (Å²) in [6.45, 7) is 22.3. The summed E-state index contributed by atoms with van der Waals surface area (Å²) in [5.41, 5.74) is 6.98. The predicted octanol–water partition coefficient (Wildman–Crippen LogP) is 14.9. The molecule has 3 N–H and O–H groups in total. The molecule has 1 fully saturated rings. The quantitative estimate of drug-likeness (QED) is 0.0562. The van der Waals surface area contributed by atoms with Gasteiger partial charge in [0.1, 0.15) is 12.3 Å². The number of anilines is 1. The van der Waals surface area contributed by atoms with Crippen LogP contribution in [0.2, 0.25) is 22.2 Å². The molecule has 13 nitrogen and oxygen atoms in total. The molecule has 23 heteroatoms. The van der Waals surface area contributed by atoms with E-state index in [2.05, 4.69) is 103 Å². The van der Waals surface area contributed by atoms with Crippen LogP contribution in [-0.4, -0.2) is 95.1 Å². The van der Waals surface area contributed by atoms with Gasteiger partial charge in [-0.3, -0.25) is 14.3 Å². The Kier molecular flexibility index (Phi) is 23.6. The summed E-state index contributed by atoms with van der Waals surface area (Å²) in [5, 5.41) is 13.0. The molecular formula is C48H73N5O8S8Si2. The Morgan fingerprint density at radius 2 is 1.17 bits per heavy atom. The Balaban J connectivity index is 0.915. The number of ether oxygens (including phenoxy) is 3. The topological polar surface area (TPSA) is 154 Å². The van der Waals surface area contributed by atoms with Gasteiger partial charge in [-0.1, -0.05) is 175 Å². The number of unbranched alkanes of at least 4 members (excludes halogenated alkanes) is 6. The summed E-state index contributed by atoms with van der Waals surface area (Å²) >= 11 is 14.5. The van der Waals surface area contributed by atoms with E-state index in [4.69, 9.17) is 37.6 Å². The van der Waals surface area contributed by atoms with Crippen molar-refractivity contribution in [2.75, 3.05) is 52.0 Å². The van der Waals surface area contributed by atoms with Crippen LogP contribution in [0.4, 0.5) is 5.95 Å². The summed E-state index contributed by atoms with van der Waals surface area (Å²) < 4.78 is 55.0. The van der Waals surface area contributed by atoms with Crippen molar-refractivity contribution in [2.45, 2.75) is 154 Å². The predicted molar refractivity (Wildman–Crippen MR) is 314 cm³/mol. The number of imidazole rings is 1. The molecule has 0 unspecified atom stereocenters. The third-order valence-electron chi connectivity index (χ3n) is 12.7. The van der Waals surface area contributed by atoms with Crippen LogP contribution >= 0.6 is 94.1 Å². The maximum atomic E-state index is 12.8. The van der Waals surface area contributed by atoms with Crippen LogP contribution < -0.4 is 11.3 Å². The fourth-order valence-electron chi connectivity index (χ4n) is 9.04. The number of H-pyrrole nitrogens is 1. The molecule has 3 atom stereocenters. The van der Waals surface area contributed by atoms with Crippen LogP contribution in [0.25, 0.3) is 11.2 Å². The van der Waals surface area contributed by atoms with Gasteiger partial charge in [0, 0.05) is 42.7 Å². The summed E-state index contributed by atoms with van der Waals surface area (Å²) in [4.78, 5) is 26.9. The second kappa shape index (κ2) is 28.8. The largest absolute Gasteiger partial charge is 0.394 e. The van der Waals surface area contributed by atoms with E-state index in [1.807, 2.05) is 51.6 Å². The van der Waals surface area contributed by atoms with E-state index < -0.39 is 29.5 Å². The first-order chi connectivity index (χ1) is 34.3. The molecule has 2 aromatic rings. The summed E-state index contributed by atoms with van der Waals surface area (Å²) in [5.74, 6) is 0.0261. The summed E-state index contributed by atoms with van der Waals surface area (Å²) in [6.07, 6.45) is 9.06. The number of rotatable bonds is 30. The van der Waals surface area contributed by atoms with Crippen molar-refractivity contribution in [3.8, 4) is 0 Å². The summed E-state index contributed by atoms with van der Waals surface area (Å²) in [6, 6.07) is 0. The fraction of sp³-hybridized carbons (Fsp3) is 0.646. The van der Waals surface area contributed by atoms with E-state index in [0.717, 1.165) is 64.6 Å². The molecule has 0 saturated carbocycles. The highest BCUT2D eigenvalue weighted by molar-refractivity contribution is 8.34. The lowest BCUT2D eigenvalue weighted by Gasteiger charge is -2.41. The van der Waals surface area contributed by atoms with Gasteiger partial charge >= 0.3 is 17.1 Å². The molecule has 2 aromatic heterocycles. The molecule has 0 aromatic carbocycles. The first-order valence-electron chi connectivity index (χ1n) is 24.9. The zero-order valence-electron chi connectivity index (χ0n) is 42.3. The maximum Gasteiger partial charge on any atom is 0.343 e. The van der Waals surface area contributed by atoms with Gasteiger partial charge in [0.15, 0.2) is 11.2 Å². The number of hydrogen-bond donors (Lipinski definition) is 2. The highest BCUT2D eigenvalue weighted by Crippen LogP contribution is 2.54. The second-order valence-electron chi connectivity index (χ2n) is 19.1. The molecule has 5 aliphatic heterocycles. The lowest BCUT2D eigenvalue weighted by molar-refractivity contribution is -0.0488. The van der Waals surface area contributed by atoms with Crippen molar-refractivity contribution in [3.63, 3.8) is 0 Å². The maximum absolute atomic E-state index is 12.8. The van der Waals surface area contributed by atoms with Gasteiger partial charge < -0.3 is 37.6 Å². The van der Waals surface area contributed by atoms with Gasteiger partial charge in [-0.25, -0.2) is 4.98 Å². The number of hydrogen-bond acceptors (Lipinski definition) is 19. The lowest BCUT2D eigenvalue weighted by atomic mass is 10.2. The molecule has 0 radical (unpaired) electrons. The molecular weight excluding hydrogens is 1090 g/mol. The molecule has 7 rings (SSSR count). The molecule has 0 bridgehead atoms. The van der Waals surface area contributed by atoms with E-state index in [1.165, 1.54) is 26.8 Å². The third kappa shape index (κ3) is 15.8. The lowest BCUT2D eigenvalue weighted by Crippen LogP contribution is -2.54. The third-order valence-corrected chi connectivity index (χ3v) is 31.8. The zero-order valence-corrected chi connectivity index (χ0v) is 50.9. The Morgan fingerprint density at radius 1 is 0.676 bits per heavy atom. The second-order valence-corrected chi connectivity index (χ2v) is 36.4. The number of nitrogens with zero attached hydrogens (tertiary/aromatic N) is 3. The van der Waals surface area contributed by atoms with Gasteiger partial charge in [-0.05, 0) is 80.3 Å². The van der Waals surface area contributed by atoms with Gasteiger partial charge in [0.2, 0.25) is 5.95 Å². The van der Waals surface area contributed by atoms with Crippen LogP contribution in [-0.2, 0) is 31.9 Å². The van der Waals surface area contributed by atoms with Crippen LogP contribution in [0, 0.1) is 0 Å². The number of nitrogens with two attached hydrogens (primary N) is 1. The minimum Gasteiger partial charge on any atom is -0.394 e. The molecule has 0 amide bonds. The zero-order chi connectivity index (χ0) is 50.4. The highest BCUT2D eigenvalue weighted by atomic mass is 32.2. The average molecular weight is 1160 g/mol. The monoisotopic (exact) mass is 1160 g/mol. The molecule has 394 valence electrons. The van der Waals surface area contributed by atoms with Crippen molar-refractivity contribution < 1.29 is 31.9 Å². The number of aromatic amines is 1. The first kappa shape index (κ1) is 58.2. The van der Waals surface area contributed by atoms with Crippen molar-refractivity contribution in [1.29, 1.82) is 0 Å². The van der Waals surface area contributed by atoms with Gasteiger partial charge in [0.05, 0.1) is 49.2 Å². The number of fused-ring (bicyclic) bond motifs is 1. The Labute approximate surface area is 457 Å². The van der Waals surface area contributed by atoms with Crippen molar-refractivity contribution in [1.82, 2.24) is 19.5 Å². The average Bonchev–Trinajstić information content (AvgIpc) is 4.19. The molecule has 0 aliphatic carbocycles. The van der Waals surface area contributed by atoms with E-state index >= 15 is 0 Å². The number of nitrogen functional groups attached to an aromatic ring is 1. The normalized spacial score (nSPS) is 20.9. The Hall–Kier alpha value is -0.456.